The summed E-state index contributed by atoms with van der Waals surface area (Å²) in [5, 5.41) is 4.87. The highest BCUT2D eigenvalue weighted by atomic mass is 79.9. The normalized spacial score (nSPS) is 13.0. The van der Waals surface area contributed by atoms with Crippen molar-refractivity contribution in [3.05, 3.63) is 41.6 Å². The monoisotopic (exact) mass is 336 g/mol. The van der Waals surface area contributed by atoms with Crippen LogP contribution in [-0.4, -0.2) is 0 Å². The first-order valence-corrected chi connectivity index (χ1v) is 7.50. The number of hydrogen-bond donors (Lipinski definition) is 2. The second-order valence-electron chi connectivity index (χ2n) is 3.33. The summed E-state index contributed by atoms with van der Waals surface area (Å²) >= 11 is 13.0. The third-order valence-electron chi connectivity index (χ3n) is 2.26. The average molecular weight is 338 g/mol. The van der Waals surface area contributed by atoms with E-state index in [1.165, 1.54) is 0 Å². The van der Waals surface area contributed by atoms with Gasteiger partial charge in [0.15, 0.2) is 0 Å². The van der Waals surface area contributed by atoms with Crippen molar-refractivity contribution in [1.82, 2.24) is 5.43 Å². The van der Waals surface area contributed by atoms with Gasteiger partial charge in [-0.05, 0) is 45.2 Å². The van der Waals surface area contributed by atoms with Gasteiger partial charge in [0.2, 0.25) is 0 Å². The molecule has 0 saturated carbocycles. The molecule has 2 heterocycles. The molecule has 0 bridgehead atoms. The molecule has 2 rings (SSSR count). The van der Waals surface area contributed by atoms with E-state index in [1.807, 2.05) is 23.8 Å². The molecular formula is C10H10BrClN2S2. The molecule has 0 aliphatic heterocycles. The van der Waals surface area contributed by atoms with Crippen LogP contribution in [-0.2, 0) is 0 Å². The Morgan fingerprint density at radius 2 is 2.19 bits per heavy atom. The van der Waals surface area contributed by atoms with E-state index in [0.717, 1.165) is 24.8 Å². The number of hydrazine groups is 1. The third kappa shape index (κ3) is 2.20. The lowest BCUT2D eigenvalue weighted by molar-refractivity contribution is 0.654. The van der Waals surface area contributed by atoms with Crippen molar-refractivity contribution in [2.24, 2.45) is 5.84 Å². The second kappa shape index (κ2) is 5.16. The zero-order valence-corrected chi connectivity index (χ0v) is 12.4. The fourth-order valence-corrected chi connectivity index (χ4v) is 4.54. The maximum Gasteiger partial charge on any atom is 0.0920 e. The predicted molar refractivity (Wildman–Crippen MR) is 75.3 cm³/mol. The minimum atomic E-state index is -0.0411. The van der Waals surface area contributed by atoms with Crippen LogP contribution < -0.4 is 11.3 Å². The lowest BCUT2D eigenvalue weighted by Crippen LogP contribution is -2.28. The number of nitrogens with one attached hydrogen (secondary N) is 1. The summed E-state index contributed by atoms with van der Waals surface area (Å²) in [7, 11) is 0. The molecule has 1 atom stereocenters. The predicted octanol–water partition coefficient (Wildman–Crippen LogP) is 4.09. The van der Waals surface area contributed by atoms with Gasteiger partial charge < -0.3 is 0 Å². The molecule has 2 aromatic rings. The van der Waals surface area contributed by atoms with Gasteiger partial charge >= 0.3 is 0 Å². The molecule has 0 aromatic carbocycles. The zero-order valence-electron chi connectivity index (χ0n) is 8.46. The summed E-state index contributed by atoms with van der Waals surface area (Å²) in [5.41, 5.74) is 3.91. The van der Waals surface area contributed by atoms with E-state index in [9.17, 15) is 0 Å². The summed E-state index contributed by atoms with van der Waals surface area (Å²) < 4.78 is 1.06. The van der Waals surface area contributed by atoms with Crippen molar-refractivity contribution in [1.29, 1.82) is 0 Å². The fraction of sp³-hybridized carbons (Fsp3) is 0.200. The molecule has 0 aliphatic carbocycles. The Bertz CT molecular complexity index is 495. The van der Waals surface area contributed by atoms with Gasteiger partial charge in [0.1, 0.15) is 0 Å². The zero-order chi connectivity index (χ0) is 11.7. The van der Waals surface area contributed by atoms with Gasteiger partial charge in [-0.25, -0.2) is 5.43 Å². The highest BCUT2D eigenvalue weighted by Gasteiger charge is 2.21. The molecule has 0 aliphatic rings. The molecule has 0 amide bonds. The molecule has 0 radical (unpaired) electrons. The maximum atomic E-state index is 6.26. The van der Waals surface area contributed by atoms with Gasteiger partial charge in [0, 0.05) is 14.2 Å². The summed E-state index contributed by atoms with van der Waals surface area (Å²) in [6.07, 6.45) is 0. The summed E-state index contributed by atoms with van der Waals surface area (Å²) in [6.45, 7) is 2.00. The van der Waals surface area contributed by atoms with E-state index in [1.54, 1.807) is 22.7 Å². The van der Waals surface area contributed by atoms with E-state index >= 15 is 0 Å². The van der Waals surface area contributed by atoms with Crippen LogP contribution in [0, 0.1) is 6.92 Å². The first kappa shape index (κ1) is 12.5. The molecule has 86 valence electrons. The molecule has 0 spiro atoms. The Kier molecular flexibility index (Phi) is 4.05. The van der Waals surface area contributed by atoms with Crippen LogP contribution in [0.4, 0.5) is 0 Å². The van der Waals surface area contributed by atoms with Crippen molar-refractivity contribution in [2.45, 2.75) is 13.0 Å². The van der Waals surface area contributed by atoms with Crippen LogP contribution in [0.25, 0.3) is 0 Å². The van der Waals surface area contributed by atoms with E-state index in [2.05, 4.69) is 21.4 Å². The van der Waals surface area contributed by atoms with E-state index in [4.69, 9.17) is 17.4 Å². The van der Waals surface area contributed by atoms with Crippen molar-refractivity contribution in [2.75, 3.05) is 0 Å². The summed E-state index contributed by atoms with van der Waals surface area (Å²) in [4.78, 5) is 2.20. The quantitative estimate of drug-likeness (QED) is 0.654. The minimum Gasteiger partial charge on any atom is -0.271 e. The van der Waals surface area contributed by atoms with E-state index in [0.29, 0.717) is 0 Å². The van der Waals surface area contributed by atoms with Crippen LogP contribution in [0.5, 0.6) is 0 Å². The highest BCUT2D eigenvalue weighted by Crippen LogP contribution is 2.39. The van der Waals surface area contributed by atoms with Gasteiger partial charge in [-0.3, -0.25) is 5.84 Å². The Labute approximate surface area is 116 Å². The third-order valence-corrected chi connectivity index (χ3v) is 5.98. The summed E-state index contributed by atoms with van der Waals surface area (Å²) in [5.74, 6) is 5.63. The lowest BCUT2D eigenvalue weighted by Gasteiger charge is -2.14. The standard InChI is InChI=1S/C10H10BrClN2S2/c1-5-4-16-10(7(5)12)8(14-13)9-6(11)2-3-15-9/h2-4,8,14H,13H2,1H3. The number of aryl methyl sites for hydroxylation is 1. The SMILES string of the molecule is Cc1csc(C(NN)c2sccc2Br)c1Cl. The fourth-order valence-electron chi connectivity index (χ4n) is 1.43. The Morgan fingerprint density at radius 3 is 2.62 bits per heavy atom. The Hall–Kier alpha value is 0.0900. The van der Waals surface area contributed by atoms with Crippen molar-refractivity contribution < 1.29 is 0 Å². The first-order chi connectivity index (χ1) is 7.65. The molecule has 3 N–H and O–H groups in total. The van der Waals surface area contributed by atoms with Crippen molar-refractivity contribution >= 4 is 50.2 Å². The number of halogens is 2. The smallest absolute Gasteiger partial charge is 0.0920 e. The van der Waals surface area contributed by atoms with Crippen molar-refractivity contribution in [3.8, 4) is 0 Å². The van der Waals surface area contributed by atoms with Crippen LogP contribution >= 0.6 is 50.2 Å². The molecule has 16 heavy (non-hydrogen) atoms. The number of nitrogens with two attached hydrogens (primary N) is 1. The van der Waals surface area contributed by atoms with Gasteiger partial charge in [0.05, 0.1) is 11.1 Å². The van der Waals surface area contributed by atoms with Crippen molar-refractivity contribution in [3.63, 3.8) is 0 Å². The Balaban J connectivity index is 2.45. The highest BCUT2D eigenvalue weighted by molar-refractivity contribution is 9.10. The van der Waals surface area contributed by atoms with Gasteiger partial charge in [-0.1, -0.05) is 11.6 Å². The number of hydrogen-bond acceptors (Lipinski definition) is 4. The number of rotatable bonds is 3. The Morgan fingerprint density at radius 1 is 1.44 bits per heavy atom. The molecular weight excluding hydrogens is 328 g/mol. The summed E-state index contributed by atoms with van der Waals surface area (Å²) in [6, 6.07) is 1.97. The first-order valence-electron chi connectivity index (χ1n) is 4.57. The van der Waals surface area contributed by atoms with Crippen LogP contribution in [0.2, 0.25) is 5.02 Å². The molecule has 6 heteroatoms. The van der Waals surface area contributed by atoms with Gasteiger partial charge in [-0.2, -0.15) is 0 Å². The number of thiophene rings is 2. The second-order valence-corrected chi connectivity index (χ2v) is 6.42. The van der Waals surface area contributed by atoms with E-state index < -0.39 is 0 Å². The van der Waals surface area contributed by atoms with Crippen LogP contribution in [0.3, 0.4) is 0 Å². The molecule has 1 unspecified atom stereocenters. The largest absolute Gasteiger partial charge is 0.271 e. The van der Waals surface area contributed by atoms with Crippen LogP contribution in [0.15, 0.2) is 21.3 Å². The van der Waals surface area contributed by atoms with Crippen LogP contribution in [0.1, 0.15) is 21.4 Å². The molecule has 2 nitrogen and oxygen atoms in total. The minimum absolute atomic E-state index is 0.0411. The van der Waals surface area contributed by atoms with Gasteiger partial charge in [0.25, 0.3) is 0 Å². The van der Waals surface area contributed by atoms with E-state index in [-0.39, 0.29) is 6.04 Å². The molecule has 0 fully saturated rings. The molecule has 2 aromatic heterocycles. The lowest BCUT2D eigenvalue weighted by atomic mass is 10.2. The average Bonchev–Trinajstić information content (AvgIpc) is 2.81. The maximum absolute atomic E-state index is 6.26. The van der Waals surface area contributed by atoms with Gasteiger partial charge in [-0.15, -0.1) is 22.7 Å². The molecule has 0 saturated heterocycles. The topological polar surface area (TPSA) is 38.0 Å².